The van der Waals surface area contributed by atoms with Gasteiger partial charge in [-0.15, -0.1) is 0 Å². The van der Waals surface area contributed by atoms with Crippen molar-refractivity contribution < 1.29 is 4.79 Å². The molecule has 0 spiro atoms. The van der Waals surface area contributed by atoms with Crippen LogP contribution < -0.4 is 0 Å². The second-order valence-corrected chi connectivity index (χ2v) is 8.06. The lowest BCUT2D eigenvalue weighted by Gasteiger charge is -2.15. The minimum Gasteiger partial charge on any atom is -0.361 e. The Hall–Kier alpha value is -3.92. The molecule has 31 heavy (non-hydrogen) atoms. The molecule has 4 nitrogen and oxygen atoms in total. The van der Waals surface area contributed by atoms with Gasteiger partial charge in [-0.25, -0.2) is 0 Å². The molecule has 1 aliphatic heterocycles. The summed E-state index contributed by atoms with van der Waals surface area (Å²) in [6, 6.07) is 26.8. The van der Waals surface area contributed by atoms with Crippen LogP contribution in [0.4, 0.5) is 0 Å². The summed E-state index contributed by atoms with van der Waals surface area (Å²) >= 11 is 0. The number of benzene rings is 3. The van der Waals surface area contributed by atoms with Crippen molar-refractivity contribution in [3.8, 4) is 11.1 Å². The number of H-pyrrole nitrogens is 1. The monoisotopic (exact) mass is 403 g/mol. The molecular weight excluding hydrogens is 382 g/mol. The number of para-hydroxylation sites is 1. The number of carbonyl (C=O) groups is 1. The van der Waals surface area contributed by atoms with E-state index in [0.717, 1.165) is 56.2 Å². The van der Waals surface area contributed by atoms with Gasteiger partial charge in [-0.2, -0.15) is 0 Å². The van der Waals surface area contributed by atoms with Crippen LogP contribution in [-0.4, -0.2) is 27.3 Å². The maximum absolute atomic E-state index is 13.4. The first-order chi connectivity index (χ1) is 15.3. The Morgan fingerprint density at radius 1 is 0.871 bits per heavy atom. The molecule has 3 heterocycles. The summed E-state index contributed by atoms with van der Waals surface area (Å²) in [5, 5.41) is 2.28. The Kier molecular flexibility index (Phi) is 4.10. The van der Waals surface area contributed by atoms with Crippen molar-refractivity contribution in [3.63, 3.8) is 0 Å². The van der Waals surface area contributed by atoms with Gasteiger partial charge in [0.2, 0.25) is 0 Å². The fourth-order valence-electron chi connectivity index (χ4n) is 4.64. The third-order valence-corrected chi connectivity index (χ3v) is 6.19. The van der Waals surface area contributed by atoms with Crippen molar-refractivity contribution in [2.24, 2.45) is 0 Å². The van der Waals surface area contributed by atoms with E-state index in [1.54, 1.807) is 0 Å². The molecule has 0 saturated carbocycles. The van der Waals surface area contributed by atoms with Crippen molar-refractivity contribution >= 4 is 27.7 Å². The summed E-state index contributed by atoms with van der Waals surface area (Å²) in [5.41, 5.74) is 7.14. The molecule has 0 atom stereocenters. The van der Waals surface area contributed by atoms with Crippen LogP contribution in [0.2, 0.25) is 0 Å². The highest BCUT2D eigenvalue weighted by molar-refractivity contribution is 6.08. The van der Waals surface area contributed by atoms with Crippen molar-refractivity contribution in [2.75, 3.05) is 6.54 Å². The van der Waals surface area contributed by atoms with Crippen molar-refractivity contribution in [2.45, 2.75) is 13.0 Å². The Balaban J connectivity index is 1.29. The molecule has 6 rings (SSSR count). The van der Waals surface area contributed by atoms with E-state index in [-0.39, 0.29) is 5.91 Å². The number of pyridine rings is 1. The van der Waals surface area contributed by atoms with E-state index in [4.69, 9.17) is 4.98 Å². The van der Waals surface area contributed by atoms with Gasteiger partial charge in [-0.1, -0.05) is 54.6 Å². The van der Waals surface area contributed by atoms with Crippen molar-refractivity contribution in [1.82, 2.24) is 14.9 Å². The minimum absolute atomic E-state index is 0.110. The highest BCUT2D eigenvalue weighted by Crippen LogP contribution is 2.36. The van der Waals surface area contributed by atoms with Crippen molar-refractivity contribution in [3.05, 3.63) is 102 Å². The maximum Gasteiger partial charge on any atom is 0.255 e. The molecular formula is C27H21N3O. The number of hydrogen-bond donors (Lipinski definition) is 1. The van der Waals surface area contributed by atoms with Gasteiger partial charge in [-0.05, 0) is 41.0 Å². The fourth-order valence-corrected chi connectivity index (χ4v) is 4.64. The third kappa shape index (κ3) is 2.99. The number of rotatable bonds is 4. The molecule has 4 heteroatoms. The largest absolute Gasteiger partial charge is 0.361 e. The van der Waals surface area contributed by atoms with Gasteiger partial charge >= 0.3 is 0 Å². The summed E-state index contributed by atoms with van der Waals surface area (Å²) in [6.07, 6.45) is 2.69. The number of carbonyl (C=O) groups excluding carboxylic acids is 1. The topological polar surface area (TPSA) is 49.0 Å². The zero-order chi connectivity index (χ0) is 20.8. The first-order valence-corrected chi connectivity index (χ1v) is 10.6. The molecule has 0 fully saturated rings. The predicted molar refractivity (Wildman–Crippen MR) is 124 cm³/mol. The van der Waals surface area contributed by atoms with E-state index in [0.29, 0.717) is 13.1 Å². The summed E-state index contributed by atoms with van der Waals surface area (Å²) in [6.45, 7) is 1.31. The second-order valence-electron chi connectivity index (χ2n) is 8.06. The van der Waals surface area contributed by atoms with Gasteiger partial charge in [0.15, 0.2) is 0 Å². The highest BCUT2D eigenvalue weighted by atomic mass is 16.2. The first-order valence-electron chi connectivity index (χ1n) is 10.6. The molecule has 1 amide bonds. The van der Waals surface area contributed by atoms with E-state index in [9.17, 15) is 4.79 Å². The Morgan fingerprint density at radius 3 is 2.71 bits per heavy atom. The van der Waals surface area contributed by atoms with E-state index in [1.807, 2.05) is 35.4 Å². The van der Waals surface area contributed by atoms with Gasteiger partial charge in [0.05, 0.1) is 11.1 Å². The maximum atomic E-state index is 13.4. The summed E-state index contributed by atoms with van der Waals surface area (Å²) in [5.74, 6) is 0.110. The zero-order valence-electron chi connectivity index (χ0n) is 17.0. The summed E-state index contributed by atoms with van der Waals surface area (Å²) < 4.78 is 0. The van der Waals surface area contributed by atoms with Crippen LogP contribution in [0.25, 0.3) is 32.9 Å². The quantitative estimate of drug-likeness (QED) is 0.426. The molecule has 150 valence electrons. The predicted octanol–water partition coefficient (Wildman–Crippen LogP) is 5.58. The number of nitrogens with one attached hydrogen (secondary N) is 1. The molecule has 5 aromatic rings. The summed E-state index contributed by atoms with van der Waals surface area (Å²) in [4.78, 5) is 23.4. The van der Waals surface area contributed by atoms with E-state index < -0.39 is 0 Å². The van der Waals surface area contributed by atoms with Crippen LogP contribution in [-0.2, 0) is 13.0 Å². The Bertz CT molecular complexity index is 1450. The highest BCUT2D eigenvalue weighted by Gasteiger charge is 2.30. The third-order valence-electron chi connectivity index (χ3n) is 6.19. The second kappa shape index (κ2) is 7.10. The molecule has 2 aromatic heterocycles. The molecule has 0 radical (unpaired) electrons. The minimum atomic E-state index is 0.110. The smallest absolute Gasteiger partial charge is 0.255 e. The number of aromatic amines is 1. The van der Waals surface area contributed by atoms with Crippen LogP contribution in [0.15, 0.2) is 85.1 Å². The number of hydrogen-bond acceptors (Lipinski definition) is 2. The van der Waals surface area contributed by atoms with Crippen LogP contribution >= 0.6 is 0 Å². The normalized spacial score (nSPS) is 13.3. The van der Waals surface area contributed by atoms with Gasteiger partial charge < -0.3 is 9.88 Å². The van der Waals surface area contributed by atoms with Gasteiger partial charge in [0, 0.05) is 47.7 Å². The number of fused-ring (bicyclic) bond motifs is 3. The van der Waals surface area contributed by atoms with Crippen LogP contribution in [0, 0.1) is 0 Å². The molecule has 1 N–H and O–H groups in total. The lowest BCUT2D eigenvalue weighted by molar-refractivity contribution is 0.0780. The molecule has 3 aromatic carbocycles. The average molecular weight is 403 g/mol. The van der Waals surface area contributed by atoms with E-state index >= 15 is 0 Å². The lowest BCUT2D eigenvalue weighted by Crippen LogP contribution is -2.26. The van der Waals surface area contributed by atoms with E-state index in [1.165, 1.54) is 0 Å². The Morgan fingerprint density at radius 2 is 1.74 bits per heavy atom. The standard InChI is InChI=1S/C27H21N3O/c31-27-26-19(6-3-8-23(26)21-7-4-10-25-22(21)13-15-28-25)17-30(27)16-14-20-12-11-18-5-1-2-9-24(18)29-20/h1-13,15,28H,14,16-17H2. The fraction of sp³-hybridized carbons (Fsp3) is 0.111. The molecule has 0 saturated heterocycles. The Labute approximate surface area is 180 Å². The van der Waals surface area contributed by atoms with Gasteiger partial charge in [0.1, 0.15) is 0 Å². The zero-order valence-corrected chi connectivity index (χ0v) is 17.0. The SMILES string of the molecule is O=C1c2c(cccc2-c2cccc3[nH]ccc23)CN1CCc1ccc2ccccc2n1. The molecule has 1 aliphatic rings. The first kappa shape index (κ1) is 17.9. The molecule has 0 unspecified atom stereocenters. The number of aromatic nitrogens is 2. The van der Waals surface area contributed by atoms with Crippen LogP contribution in [0.5, 0.6) is 0 Å². The van der Waals surface area contributed by atoms with Gasteiger partial charge in [-0.3, -0.25) is 9.78 Å². The summed E-state index contributed by atoms with van der Waals surface area (Å²) in [7, 11) is 0. The number of nitrogens with zero attached hydrogens (tertiary/aromatic N) is 2. The van der Waals surface area contributed by atoms with E-state index in [2.05, 4.69) is 59.6 Å². The lowest BCUT2D eigenvalue weighted by atomic mass is 9.94. The van der Waals surface area contributed by atoms with Crippen molar-refractivity contribution in [1.29, 1.82) is 0 Å². The van der Waals surface area contributed by atoms with Gasteiger partial charge in [0.25, 0.3) is 5.91 Å². The molecule has 0 bridgehead atoms. The molecule has 0 aliphatic carbocycles. The average Bonchev–Trinajstić information content (AvgIpc) is 3.42. The van der Waals surface area contributed by atoms with Crippen LogP contribution in [0.3, 0.4) is 0 Å². The number of amides is 1. The van der Waals surface area contributed by atoms with Crippen LogP contribution in [0.1, 0.15) is 21.6 Å².